The van der Waals surface area contributed by atoms with Gasteiger partial charge in [-0.1, -0.05) is 30.9 Å². The number of nitrogens with one attached hydrogen (secondary N) is 1. The standard InChI is InChI=1S/C16H20ClN3O2/c17-13-6-8-14(9-7-13)20-16(22)18-15(21)11-19(20)10-12-4-2-1-3-5-12/h6-9,12H,1-5,10-11H2,(H,18,21,22). The van der Waals surface area contributed by atoms with Crippen LogP contribution in [0.15, 0.2) is 24.3 Å². The summed E-state index contributed by atoms with van der Waals surface area (Å²) in [5.41, 5.74) is 0.727. The molecular formula is C16H20ClN3O2. The lowest BCUT2D eigenvalue weighted by molar-refractivity contribution is -0.122. The van der Waals surface area contributed by atoms with Gasteiger partial charge in [-0.15, -0.1) is 0 Å². The van der Waals surface area contributed by atoms with Gasteiger partial charge in [-0.2, -0.15) is 0 Å². The maximum Gasteiger partial charge on any atom is 0.343 e. The SMILES string of the molecule is O=C1CN(CC2CCCCC2)N(c2ccc(Cl)cc2)C(=O)N1. The smallest absolute Gasteiger partial charge is 0.275 e. The van der Waals surface area contributed by atoms with E-state index in [2.05, 4.69) is 5.32 Å². The number of amides is 3. The quantitative estimate of drug-likeness (QED) is 0.930. The third-order valence-corrected chi connectivity index (χ3v) is 4.56. The largest absolute Gasteiger partial charge is 0.343 e. The Morgan fingerprint density at radius 3 is 2.45 bits per heavy atom. The van der Waals surface area contributed by atoms with Crippen molar-refractivity contribution >= 4 is 29.2 Å². The normalized spacial score (nSPS) is 21.0. The first-order valence-electron chi connectivity index (χ1n) is 7.78. The molecule has 1 saturated carbocycles. The van der Waals surface area contributed by atoms with Gasteiger partial charge in [0.2, 0.25) is 5.91 Å². The molecule has 1 aromatic carbocycles. The third kappa shape index (κ3) is 3.42. The Balaban J connectivity index is 1.80. The lowest BCUT2D eigenvalue weighted by Crippen LogP contribution is -2.62. The summed E-state index contributed by atoms with van der Waals surface area (Å²) >= 11 is 5.92. The number of carbonyl (C=O) groups is 2. The van der Waals surface area contributed by atoms with Crippen molar-refractivity contribution in [2.24, 2.45) is 5.92 Å². The van der Waals surface area contributed by atoms with E-state index in [0.29, 0.717) is 10.9 Å². The van der Waals surface area contributed by atoms with Gasteiger partial charge in [-0.3, -0.25) is 10.1 Å². The second-order valence-corrected chi connectivity index (χ2v) is 6.43. The minimum atomic E-state index is -0.394. The van der Waals surface area contributed by atoms with Crippen molar-refractivity contribution in [1.29, 1.82) is 0 Å². The molecule has 0 aromatic heterocycles. The van der Waals surface area contributed by atoms with Gasteiger partial charge in [0.15, 0.2) is 0 Å². The van der Waals surface area contributed by atoms with E-state index in [9.17, 15) is 9.59 Å². The van der Waals surface area contributed by atoms with Crippen molar-refractivity contribution in [3.8, 4) is 0 Å². The van der Waals surface area contributed by atoms with Crippen LogP contribution in [0.3, 0.4) is 0 Å². The van der Waals surface area contributed by atoms with E-state index in [-0.39, 0.29) is 12.5 Å². The third-order valence-electron chi connectivity index (χ3n) is 4.31. The topological polar surface area (TPSA) is 52.7 Å². The molecule has 118 valence electrons. The number of benzene rings is 1. The number of imide groups is 1. The minimum absolute atomic E-state index is 0.213. The molecule has 1 saturated heterocycles. The van der Waals surface area contributed by atoms with E-state index in [0.717, 1.165) is 12.2 Å². The number of urea groups is 1. The molecule has 3 amide bonds. The lowest BCUT2D eigenvalue weighted by Gasteiger charge is -2.40. The zero-order chi connectivity index (χ0) is 15.5. The molecule has 1 N–H and O–H groups in total. The molecule has 0 radical (unpaired) electrons. The molecule has 1 aliphatic carbocycles. The number of halogens is 1. The molecule has 0 spiro atoms. The highest BCUT2D eigenvalue weighted by molar-refractivity contribution is 6.30. The molecule has 1 heterocycles. The van der Waals surface area contributed by atoms with Crippen LogP contribution in [0.1, 0.15) is 32.1 Å². The highest BCUT2D eigenvalue weighted by Crippen LogP contribution is 2.27. The summed E-state index contributed by atoms with van der Waals surface area (Å²) in [6.45, 7) is 0.951. The highest BCUT2D eigenvalue weighted by atomic mass is 35.5. The molecule has 2 fully saturated rings. The fraction of sp³-hybridized carbons (Fsp3) is 0.500. The molecular weight excluding hydrogens is 302 g/mol. The van der Waals surface area contributed by atoms with E-state index < -0.39 is 6.03 Å². The molecule has 1 aliphatic heterocycles. The van der Waals surface area contributed by atoms with Crippen molar-refractivity contribution < 1.29 is 9.59 Å². The maximum atomic E-state index is 12.3. The van der Waals surface area contributed by atoms with E-state index >= 15 is 0 Å². The van der Waals surface area contributed by atoms with Gasteiger partial charge in [0.05, 0.1) is 12.2 Å². The Morgan fingerprint density at radius 2 is 1.77 bits per heavy atom. The second-order valence-electron chi connectivity index (χ2n) is 5.99. The van der Waals surface area contributed by atoms with Crippen molar-refractivity contribution in [2.45, 2.75) is 32.1 Å². The Morgan fingerprint density at radius 1 is 1.09 bits per heavy atom. The molecule has 6 heteroatoms. The van der Waals surface area contributed by atoms with Gasteiger partial charge in [-0.05, 0) is 43.0 Å². The van der Waals surface area contributed by atoms with Gasteiger partial charge in [0, 0.05) is 11.6 Å². The van der Waals surface area contributed by atoms with E-state index in [1.54, 1.807) is 29.3 Å². The number of hydrogen-bond acceptors (Lipinski definition) is 3. The number of carbonyl (C=O) groups excluding carboxylic acids is 2. The summed E-state index contributed by atoms with van der Waals surface area (Å²) in [4.78, 5) is 24.0. The van der Waals surface area contributed by atoms with Crippen molar-refractivity contribution in [2.75, 3.05) is 18.1 Å². The molecule has 0 atom stereocenters. The first-order chi connectivity index (χ1) is 10.6. The van der Waals surface area contributed by atoms with Gasteiger partial charge in [0.1, 0.15) is 0 Å². The molecule has 3 rings (SSSR count). The molecule has 0 unspecified atom stereocenters. The summed E-state index contributed by atoms with van der Waals surface area (Å²) in [5.74, 6) is 0.299. The Bertz CT molecular complexity index is 555. The van der Waals surface area contributed by atoms with Crippen LogP contribution in [0.2, 0.25) is 5.02 Å². The van der Waals surface area contributed by atoms with Crippen molar-refractivity contribution in [1.82, 2.24) is 10.3 Å². The second kappa shape index (κ2) is 6.67. The first-order valence-corrected chi connectivity index (χ1v) is 8.15. The van der Waals surface area contributed by atoms with Crippen molar-refractivity contribution in [3.63, 3.8) is 0 Å². The van der Waals surface area contributed by atoms with Gasteiger partial charge in [0.25, 0.3) is 0 Å². The molecule has 22 heavy (non-hydrogen) atoms. The Kier molecular flexibility index (Phi) is 4.64. The van der Waals surface area contributed by atoms with E-state index in [1.165, 1.54) is 32.1 Å². The van der Waals surface area contributed by atoms with Crippen molar-refractivity contribution in [3.05, 3.63) is 29.3 Å². The summed E-state index contributed by atoms with van der Waals surface area (Å²) in [6.07, 6.45) is 6.09. The van der Waals surface area contributed by atoms with Crippen LogP contribution in [-0.2, 0) is 4.79 Å². The van der Waals surface area contributed by atoms with Gasteiger partial charge in [-0.25, -0.2) is 14.8 Å². The molecule has 2 aliphatic rings. The molecule has 5 nitrogen and oxygen atoms in total. The maximum absolute atomic E-state index is 12.3. The number of rotatable bonds is 3. The average Bonchev–Trinajstić information content (AvgIpc) is 2.49. The predicted molar refractivity (Wildman–Crippen MR) is 85.6 cm³/mol. The number of hydrogen-bond donors (Lipinski definition) is 1. The number of nitrogens with zero attached hydrogens (tertiary/aromatic N) is 2. The average molecular weight is 322 g/mol. The minimum Gasteiger partial charge on any atom is -0.275 e. The van der Waals surface area contributed by atoms with E-state index in [4.69, 9.17) is 11.6 Å². The van der Waals surface area contributed by atoms with Crippen LogP contribution < -0.4 is 10.3 Å². The monoisotopic (exact) mass is 321 g/mol. The number of hydrazine groups is 1. The summed E-state index contributed by atoms with van der Waals surface area (Å²) in [6, 6.07) is 6.70. The molecule has 0 bridgehead atoms. The Labute approximate surface area is 135 Å². The van der Waals surface area contributed by atoms with Crippen LogP contribution in [0.25, 0.3) is 0 Å². The zero-order valence-electron chi connectivity index (χ0n) is 12.4. The molecule has 1 aromatic rings. The fourth-order valence-electron chi connectivity index (χ4n) is 3.25. The highest BCUT2D eigenvalue weighted by Gasteiger charge is 2.33. The van der Waals surface area contributed by atoms with Crippen LogP contribution in [-0.4, -0.2) is 30.0 Å². The van der Waals surface area contributed by atoms with Gasteiger partial charge < -0.3 is 0 Å². The first kappa shape index (κ1) is 15.3. The van der Waals surface area contributed by atoms with Crippen LogP contribution in [0, 0.1) is 5.92 Å². The number of anilines is 1. The van der Waals surface area contributed by atoms with Crippen LogP contribution in [0.5, 0.6) is 0 Å². The lowest BCUT2D eigenvalue weighted by atomic mass is 9.89. The summed E-state index contributed by atoms with van der Waals surface area (Å²) < 4.78 is 0. The predicted octanol–water partition coefficient (Wildman–Crippen LogP) is 3.19. The zero-order valence-corrected chi connectivity index (χ0v) is 13.2. The summed E-state index contributed by atoms with van der Waals surface area (Å²) in [5, 5.41) is 6.43. The van der Waals surface area contributed by atoms with Gasteiger partial charge >= 0.3 is 6.03 Å². The Hall–Kier alpha value is -1.59. The fourth-order valence-corrected chi connectivity index (χ4v) is 3.38. The van der Waals surface area contributed by atoms with Crippen LogP contribution >= 0.6 is 11.6 Å². The van der Waals surface area contributed by atoms with E-state index in [1.807, 2.05) is 5.01 Å². The summed E-state index contributed by atoms with van der Waals surface area (Å²) in [7, 11) is 0. The van der Waals surface area contributed by atoms with Crippen LogP contribution in [0.4, 0.5) is 10.5 Å².